The monoisotopic (exact) mass is 714 g/mol. The van der Waals surface area contributed by atoms with E-state index in [0.717, 1.165) is 45.8 Å². The van der Waals surface area contributed by atoms with Crippen molar-refractivity contribution in [1.29, 1.82) is 0 Å². The lowest BCUT2D eigenvalue weighted by atomic mass is 10.1. The lowest BCUT2D eigenvalue weighted by Crippen LogP contribution is -2.43. The summed E-state index contributed by atoms with van der Waals surface area (Å²) in [7, 11) is 0. The zero-order valence-electron chi connectivity index (χ0n) is 29.5. The van der Waals surface area contributed by atoms with Gasteiger partial charge >= 0.3 is 0 Å². The number of hydrogen-bond acceptors (Lipinski definition) is 6. The third-order valence-electron chi connectivity index (χ3n) is 10.1. The molecule has 4 aromatic carbocycles. The Morgan fingerprint density at radius 2 is 0.926 bits per heavy atom. The molecule has 2 N–H and O–H groups in total. The van der Waals surface area contributed by atoms with Gasteiger partial charge in [-0.2, -0.15) is 0 Å². The van der Waals surface area contributed by atoms with Gasteiger partial charge in [0.25, 0.3) is 11.8 Å². The first-order valence-corrected chi connectivity index (χ1v) is 18.2. The van der Waals surface area contributed by atoms with Crippen molar-refractivity contribution in [3.8, 4) is 0 Å². The molecule has 2 aromatic heterocycles. The molecule has 2 atom stereocenters. The van der Waals surface area contributed by atoms with Crippen LogP contribution in [0.5, 0.6) is 0 Å². The van der Waals surface area contributed by atoms with Gasteiger partial charge in [-0.15, -0.1) is 0 Å². The number of likely N-dealkylation sites (tertiary alicyclic amines) is 2. The first kappa shape index (κ1) is 34.4. The molecule has 0 spiro atoms. The van der Waals surface area contributed by atoms with Gasteiger partial charge in [-0.1, -0.05) is 84.9 Å². The molecule has 8 rings (SSSR count). The van der Waals surface area contributed by atoms with Crippen molar-refractivity contribution in [2.45, 2.75) is 37.8 Å². The highest BCUT2D eigenvalue weighted by molar-refractivity contribution is 6.03. The lowest BCUT2D eigenvalue weighted by molar-refractivity contribution is -0.120. The molecular weight excluding hydrogens is 677 g/mol. The van der Waals surface area contributed by atoms with Gasteiger partial charge in [0.1, 0.15) is 23.5 Å². The predicted octanol–water partition coefficient (Wildman–Crippen LogP) is 7.44. The second-order valence-corrected chi connectivity index (χ2v) is 13.6. The number of amides is 4. The Bertz CT molecular complexity index is 2240. The van der Waals surface area contributed by atoms with Crippen molar-refractivity contribution < 1.29 is 19.2 Å². The van der Waals surface area contributed by atoms with Crippen LogP contribution in [0.3, 0.4) is 0 Å². The van der Waals surface area contributed by atoms with E-state index < -0.39 is 12.1 Å². The van der Waals surface area contributed by atoms with Crippen LogP contribution >= 0.6 is 0 Å². The number of carbonyl (C=O) groups is 4. The summed E-state index contributed by atoms with van der Waals surface area (Å²) >= 11 is 0. The maximum atomic E-state index is 13.4. The minimum atomic E-state index is -0.564. The van der Waals surface area contributed by atoms with E-state index in [-0.39, 0.29) is 23.6 Å². The number of pyridine rings is 2. The third-order valence-corrected chi connectivity index (χ3v) is 10.1. The fourth-order valence-corrected chi connectivity index (χ4v) is 7.23. The number of fused-ring (bicyclic) bond motifs is 2. The van der Waals surface area contributed by atoms with Crippen LogP contribution in [0.1, 0.15) is 57.8 Å². The first-order chi connectivity index (χ1) is 26.4. The summed E-state index contributed by atoms with van der Waals surface area (Å²) in [5, 5.41) is 7.88. The molecule has 268 valence electrons. The van der Waals surface area contributed by atoms with Crippen molar-refractivity contribution in [2.24, 2.45) is 0 Å². The molecular formula is C44H38N6O4. The van der Waals surface area contributed by atoms with Gasteiger partial charge in [-0.05, 0) is 85.3 Å². The average Bonchev–Trinajstić information content (AvgIpc) is 3.92. The van der Waals surface area contributed by atoms with Gasteiger partial charge < -0.3 is 20.4 Å². The highest BCUT2D eigenvalue weighted by Crippen LogP contribution is 2.25. The van der Waals surface area contributed by atoms with Crippen molar-refractivity contribution in [2.75, 3.05) is 23.7 Å². The first-order valence-electron chi connectivity index (χ1n) is 18.2. The highest BCUT2D eigenvalue weighted by atomic mass is 16.2. The minimum absolute atomic E-state index is 0.216. The van der Waals surface area contributed by atoms with E-state index in [1.54, 1.807) is 21.9 Å². The summed E-state index contributed by atoms with van der Waals surface area (Å²) in [5.41, 5.74) is 5.35. The number of nitrogens with one attached hydrogen (secondary N) is 2. The summed E-state index contributed by atoms with van der Waals surface area (Å²) in [6, 6.07) is 36.4. The van der Waals surface area contributed by atoms with Crippen LogP contribution in [-0.4, -0.2) is 68.6 Å². The molecule has 0 unspecified atom stereocenters. The van der Waals surface area contributed by atoms with E-state index in [0.29, 0.717) is 48.7 Å². The topological polar surface area (TPSA) is 125 Å². The van der Waals surface area contributed by atoms with Crippen molar-refractivity contribution in [1.82, 2.24) is 19.8 Å². The largest absolute Gasteiger partial charge is 0.325 e. The molecule has 0 saturated carbocycles. The third kappa shape index (κ3) is 7.31. The SMILES string of the molecule is O=C(Nc1ccc(/C=C/c2ccc(NC(=O)[C@@H]3CCCN3C(=O)c3ccc4ccccc4n3)cc2)cc1)[C@@H]1CCCN1C(=O)c1ccc2ccccc2n1. The van der Waals surface area contributed by atoms with Gasteiger partial charge in [-0.3, -0.25) is 19.2 Å². The molecule has 4 heterocycles. The standard InChI is InChI=1S/C44H38N6O4/c51-41(39-11-5-27-49(39)43(53)37-25-19-31-7-1-3-9-35(31)47-37)45-33-21-15-29(16-22-33)13-14-30-17-23-34(24-18-30)46-42(52)40-12-6-28-50(40)44(54)38-26-20-32-8-2-4-10-36(32)48-38/h1-4,7-10,13-26,39-40H,5-6,11-12,27-28H2,(H,45,51)(H,46,52)/b14-13+/t39-,40-/m0/s1. The number of anilines is 2. The van der Waals surface area contributed by atoms with Crippen LogP contribution in [0.2, 0.25) is 0 Å². The van der Waals surface area contributed by atoms with Crippen molar-refractivity contribution >= 4 is 69.0 Å². The lowest BCUT2D eigenvalue weighted by Gasteiger charge is -2.23. The fourth-order valence-electron chi connectivity index (χ4n) is 7.23. The molecule has 0 radical (unpaired) electrons. The van der Waals surface area contributed by atoms with Crippen LogP contribution in [0, 0.1) is 0 Å². The number of benzene rings is 4. The Kier molecular flexibility index (Phi) is 9.63. The molecule has 2 saturated heterocycles. The number of para-hydroxylation sites is 2. The molecule has 2 fully saturated rings. The van der Waals surface area contributed by atoms with Gasteiger partial charge in [0, 0.05) is 35.2 Å². The van der Waals surface area contributed by atoms with Gasteiger partial charge in [0.2, 0.25) is 11.8 Å². The smallest absolute Gasteiger partial charge is 0.273 e. The molecule has 54 heavy (non-hydrogen) atoms. The van der Waals surface area contributed by atoms with E-state index >= 15 is 0 Å². The second-order valence-electron chi connectivity index (χ2n) is 13.6. The quantitative estimate of drug-likeness (QED) is 0.158. The molecule has 2 aliphatic rings. The Morgan fingerprint density at radius 1 is 0.519 bits per heavy atom. The van der Waals surface area contributed by atoms with E-state index in [4.69, 9.17) is 0 Å². The van der Waals surface area contributed by atoms with Crippen LogP contribution < -0.4 is 10.6 Å². The number of hydrogen-bond donors (Lipinski definition) is 2. The van der Waals surface area contributed by atoms with Crippen LogP contribution in [0.25, 0.3) is 34.0 Å². The molecule has 0 aliphatic carbocycles. The van der Waals surface area contributed by atoms with Crippen molar-refractivity contribution in [3.05, 3.63) is 144 Å². The number of carbonyl (C=O) groups excluding carboxylic acids is 4. The molecule has 10 nitrogen and oxygen atoms in total. The maximum Gasteiger partial charge on any atom is 0.273 e. The number of rotatable bonds is 8. The number of aromatic nitrogens is 2. The Labute approximate surface area is 312 Å². The zero-order chi connectivity index (χ0) is 37.0. The summed E-state index contributed by atoms with van der Waals surface area (Å²) in [6.07, 6.45) is 6.62. The maximum absolute atomic E-state index is 13.4. The van der Waals surface area contributed by atoms with E-state index in [9.17, 15) is 19.2 Å². The summed E-state index contributed by atoms with van der Waals surface area (Å²) in [5.74, 6) is -0.911. The van der Waals surface area contributed by atoms with E-state index in [1.807, 2.05) is 121 Å². The molecule has 6 aromatic rings. The average molecular weight is 715 g/mol. The summed E-state index contributed by atoms with van der Waals surface area (Å²) in [6.45, 7) is 1.01. The zero-order valence-corrected chi connectivity index (χ0v) is 29.5. The molecule has 10 heteroatoms. The summed E-state index contributed by atoms with van der Waals surface area (Å²) in [4.78, 5) is 65.6. The summed E-state index contributed by atoms with van der Waals surface area (Å²) < 4.78 is 0. The van der Waals surface area contributed by atoms with Gasteiger partial charge in [-0.25, -0.2) is 9.97 Å². The molecule has 2 aliphatic heterocycles. The van der Waals surface area contributed by atoms with Crippen LogP contribution in [0.4, 0.5) is 11.4 Å². The fraction of sp³-hybridized carbons (Fsp3) is 0.182. The van der Waals surface area contributed by atoms with Crippen LogP contribution in [-0.2, 0) is 9.59 Å². The highest BCUT2D eigenvalue weighted by Gasteiger charge is 2.36. The van der Waals surface area contributed by atoms with E-state index in [1.165, 1.54) is 0 Å². The normalized spacial score (nSPS) is 17.0. The van der Waals surface area contributed by atoms with Crippen LogP contribution in [0.15, 0.2) is 121 Å². The predicted molar refractivity (Wildman–Crippen MR) is 211 cm³/mol. The molecule has 0 bridgehead atoms. The molecule has 4 amide bonds. The van der Waals surface area contributed by atoms with Crippen molar-refractivity contribution in [3.63, 3.8) is 0 Å². The Morgan fingerprint density at radius 3 is 1.35 bits per heavy atom. The Hall–Kier alpha value is -6.68. The second kappa shape index (κ2) is 15.1. The minimum Gasteiger partial charge on any atom is -0.325 e. The van der Waals surface area contributed by atoms with Gasteiger partial charge in [0.05, 0.1) is 11.0 Å². The Balaban J connectivity index is 0.845. The van der Waals surface area contributed by atoms with E-state index in [2.05, 4.69) is 20.6 Å². The number of nitrogens with zero attached hydrogens (tertiary/aromatic N) is 4. The van der Waals surface area contributed by atoms with Gasteiger partial charge in [0.15, 0.2) is 0 Å².